The minimum absolute atomic E-state index is 0.188. The zero-order valence-electron chi connectivity index (χ0n) is 21.9. The van der Waals surface area contributed by atoms with E-state index in [2.05, 4.69) is 36.5 Å². The summed E-state index contributed by atoms with van der Waals surface area (Å²) in [5.41, 5.74) is 4.14. The lowest BCUT2D eigenvalue weighted by molar-refractivity contribution is -0.432. The molecule has 0 aliphatic heterocycles. The topological polar surface area (TPSA) is 132 Å². The number of ether oxygens (including phenoxy) is 1. The van der Waals surface area contributed by atoms with Gasteiger partial charge in [0.2, 0.25) is 0 Å². The average Bonchev–Trinajstić information content (AvgIpc) is 2.98. The van der Waals surface area contributed by atoms with E-state index in [-0.39, 0.29) is 18.2 Å². The third-order valence-electron chi connectivity index (χ3n) is 6.28. The first-order chi connectivity index (χ1) is 19.6. The SMILES string of the molecule is C=CCc1c(OCCCNC(=O)c2ccc(N=NCc3ccccc3SOOO)nc2)ccc2c1CCCC2=O. The Hall–Kier alpha value is -3.90. The second-order valence-corrected chi connectivity index (χ2v) is 9.68. The third kappa shape index (κ3) is 7.82. The Bertz CT molecular complexity index is 1360. The van der Waals surface area contributed by atoms with Gasteiger partial charge in [0.05, 0.1) is 30.8 Å². The summed E-state index contributed by atoms with van der Waals surface area (Å²) in [5, 5.41) is 23.1. The highest BCUT2D eigenvalue weighted by Gasteiger charge is 2.22. The Morgan fingerprint density at radius 2 is 2.05 bits per heavy atom. The molecule has 1 aromatic heterocycles. The van der Waals surface area contributed by atoms with Gasteiger partial charge in [-0.25, -0.2) is 10.2 Å². The van der Waals surface area contributed by atoms with Crippen LogP contribution < -0.4 is 10.1 Å². The summed E-state index contributed by atoms with van der Waals surface area (Å²) in [7, 11) is 0. The molecule has 0 spiro atoms. The van der Waals surface area contributed by atoms with Crippen LogP contribution in [0.3, 0.4) is 0 Å². The van der Waals surface area contributed by atoms with Gasteiger partial charge in [0.1, 0.15) is 5.75 Å². The van der Waals surface area contributed by atoms with Gasteiger partial charge >= 0.3 is 0 Å². The number of rotatable bonds is 14. The number of amides is 1. The van der Waals surface area contributed by atoms with Crippen LogP contribution in [0, 0.1) is 0 Å². The van der Waals surface area contributed by atoms with Crippen molar-refractivity contribution >= 4 is 29.6 Å². The first kappa shape index (κ1) is 29.1. The van der Waals surface area contributed by atoms with Gasteiger partial charge in [0.15, 0.2) is 11.6 Å². The number of nitrogens with zero attached hydrogens (tertiary/aromatic N) is 3. The third-order valence-corrected chi connectivity index (χ3v) is 6.99. The van der Waals surface area contributed by atoms with Gasteiger partial charge in [0, 0.05) is 35.2 Å². The van der Waals surface area contributed by atoms with Gasteiger partial charge in [-0.3, -0.25) is 9.59 Å². The number of Topliss-reactive ketones (excluding diaryl/α,β-unsaturated/α-hetero) is 1. The number of nitrogens with one attached hydrogen (secondary N) is 1. The highest BCUT2D eigenvalue weighted by atomic mass is 32.2. The van der Waals surface area contributed by atoms with Gasteiger partial charge in [0.25, 0.3) is 5.91 Å². The lowest BCUT2D eigenvalue weighted by Gasteiger charge is -2.21. The Balaban J connectivity index is 1.23. The van der Waals surface area contributed by atoms with Crippen molar-refractivity contribution in [1.82, 2.24) is 10.3 Å². The maximum Gasteiger partial charge on any atom is 0.252 e. The van der Waals surface area contributed by atoms with Crippen LogP contribution in [-0.2, 0) is 28.8 Å². The number of hydrogen-bond donors (Lipinski definition) is 2. The highest BCUT2D eigenvalue weighted by Crippen LogP contribution is 2.32. The maximum atomic E-state index is 12.5. The summed E-state index contributed by atoms with van der Waals surface area (Å²) in [6, 6.07) is 14.3. The van der Waals surface area contributed by atoms with Crippen LogP contribution in [0.25, 0.3) is 0 Å². The van der Waals surface area contributed by atoms with Crippen LogP contribution in [0.4, 0.5) is 5.82 Å². The summed E-state index contributed by atoms with van der Waals surface area (Å²) in [6.45, 7) is 4.97. The molecule has 0 saturated carbocycles. The van der Waals surface area contributed by atoms with E-state index in [1.807, 2.05) is 36.4 Å². The Morgan fingerprint density at radius 3 is 2.85 bits per heavy atom. The molecule has 0 fully saturated rings. The number of allylic oxidation sites excluding steroid dienone is 1. The summed E-state index contributed by atoms with van der Waals surface area (Å²) in [4.78, 5) is 29.7. The van der Waals surface area contributed by atoms with Gasteiger partial charge in [-0.15, -0.1) is 16.0 Å². The van der Waals surface area contributed by atoms with E-state index >= 15 is 0 Å². The number of pyridine rings is 1. The molecular weight excluding hydrogens is 532 g/mol. The Labute approximate surface area is 236 Å². The van der Waals surface area contributed by atoms with Crippen molar-refractivity contribution in [2.24, 2.45) is 10.2 Å². The molecule has 11 heteroatoms. The van der Waals surface area contributed by atoms with Crippen LogP contribution >= 0.6 is 12.0 Å². The van der Waals surface area contributed by atoms with E-state index in [0.29, 0.717) is 43.8 Å². The molecule has 1 amide bonds. The van der Waals surface area contributed by atoms with E-state index in [1.54, 1.807) is 18.2 Å². The van der Waals surface area contributed by atoms with Crippen LogP contribution in [0.2, 0.25) is 0 Å². The van der Waals surface area contributed by atoms with Gasteiger partial charge < -0.3 is 10.1 Å². The number of aromatic nitrogens is 1. The lowest BCUT2D eigenvalue weighted by atomic mass is 9.86. The summed E-state index contributed by atoms with van der Waals surface area (Å²) in [5.74, 6) is 1.08. The smallest absolute Gasteiger partial charge is 0.252 e. The van der Waals surface area contributed by atoms with Gasteiger partial charge in [-0.1, -0.05) is 29.3 Å². The number of azo groups is 1. The molecule has 0 bridgehead atoms. The standard InChI is InChI=1S/C29H30N4O6S/c1-2-7-24-22-9-5-10-25(34)23(22)13-14-26(24)37-17-6-16-30-29(35)21-12-15-28(31-18-21)33-32-19-20-8-3-4-11-27(20)40-39-38-36/h2-4,8,11-15,18,36H,1,5-7,9-10,16-17,19H2,(H,30,35). The minimum Gasteiger partial charge on any atom is -0.493 e. The quantitative estimate of drug-likeness (QED) is 0.0589. The first-order valence-corrected chi connectivity index (χ1v) is 13.6. The predicted octanol–water partition coefficient (Wildman–Crippen LogP) is 6.24. The van der Waals surface area contributed by atoms with Crippen LogP contribution in [-0.4, -0.2) is 35.1 Å². The van der Waals surface area contributed by atoms with E-state index < -0.39 is 0 Å². The zero-order valence-corrected chi connectivity index (χ0v) is 22.7. The van der Waals surface area contributed by atoms with E-state index in [9.17, 15) is 9.59 Å². The second-order valence-electron chi connectivity index (χ2n) is 8.93. The van der Waals surface area contributed by atoms with Crippen molar-refractivity contribution < 1.29 is 29.0 Å². The van der Waals surface area contributed by atoms with Crippen molar-refractivity contribution in [2.45, 2.75) is 43.5 Å². The fourth-order valence-electron chi connectivity index (χ4n) is 4.37. The van der Waals surface area contributed by atoms with Crippen molar-refractivity contribution in [3.63, 3.8) is 0 Å². The van der Waals surface area contributed by atoms with Crippen molar-refractivity contribution in [3.05, 3.63) is 95.2 Å². The molecule has 1 aliphatic carbocycles. The van der Waals surface area contributed by atoms with E-state index in [0.717, 1.165) is 57.8 Å². The Kier molecular flexibility index (Phi) is 10.9. The normalized spacial score (nSPS) is 12.8. The minimum atomic E-state index is -0.243. The number of fused-ring (bicyclic) bond motifs is 1. The number of carbonyl (C=O) groups excluding carboxylic acids is 2. The highest BCUT2D eigenvalue weighted by molar-refractivity contribution is 7.94. The molecule has 10 nitrogen and oxygen atoms in total. The molecule has 0 atom stereocenters. The fourth-order valence-corrected chi connectivity index (χ4v) is 4.85. The van der Waals surface area contributed by atoms with Crippen molar-refractivity contribution in [2.75, 3.05) is 13.2 Å². The Morgan fingerprint density at radius 1 is 1.18 bits per heavy atom. The number of benzene rings is 2. The number of hydrogen-bond acceptors (Lipinski definition) is 10. The molecule has 2 N–H and O–H groups in total. The molecule has 40 heavy (non-hydrogen) atoms. The van der Waals surface area contributed by atoms with Crippen LogP contribution in [0.1, 0.15) is 56.7 Å². The molecule has 0 saturated heterocycles. The predicted molar refractivity (Wildman–Crippen MR) is 150 cm³/mol. The molecule has 1 aliphatic rings. The molecule has 0 unspecified atom stereocenters. The lowest BCUT2D eigenvalue weighted by Crippen LogP contribution is -2.25. The monoisotopic (exact) mass is 562 g/mol. The zero-order chi connectivity index (χ0) is 28.2. The van der Waals surface area contributed by atoms with Crippen LogP contribution in [0.15, 0.2) is 82.5 Å². The fraction of sp³-hybridized carbons (Fsp3) is 0.276. The molecule has 1 heterocycles. The van der Waals surface area contributed by atoms with Gasteiger partial charge in [-0.05, 0) is 67.1 Å². The van der Waals surface area contributed by atoms with Gasteiger partial charge in [-0.2, -0.15) is 5.11 Å². The van der Waals surface area contributed by atoms with E-state index in [4.69, 9.17) is 9.99 Å². The summed E-state index contributed by atoms with van der Waals surface area (Å²) >= 11 is 0.857. The maximum absolute atomic E-state index is 12.5. The summed E-state index contributed by atoms with van der Waals surface area (Å²) in [6.07, 6.45) is 6.86. The van der Waals surface area contributed by atoms with Crippen molar-refractivity contribution in [1.29, 1.82) is 0 Å². The molecule has 208 valence electrons. The van der Waals surface area contributed by atoms with Crippen LogP contribution in [0.5, 0.6) is 5.75 Å². The average molecular weight is 563 g/mol. The molecule has 4 rings (SSSR count). The molecule has 0 radical (unpaired) electrons. The molecule has 2 aromatic carbocycles. The first-order valence-electron chi connectivity index (χ1n) is 12.9. The summed E-state index contributed by atoms with van der Waals surface area (Å²) < 4.78 is 10.5. The molecular formula is C29H30N4O6S. The number of carbonyl (C=O) groups is 2. The second kappa shape index (κ2) is 15.0. The van der Waals surface area contributed by atoms with Crippen molar-refractivity contribution in [3.8, 4) is 5.75 Å². The largest absolute Gasteiger partial charge is 0.493 e. The number of ketones is 1. The van der Waals surface area contributed by atoms with E-state index in [1.165, 1.54) is 6.20 Å². The molecule has 3 aromatic rings.